The maximum absolute atomic E-state index is 11.4. The van der Waals surface area contributed by atoms with Crippen LogP contribution in [0.15, 0.2) is 18.2 Å². The second-order valence-corrected chi connectivity index (χ2v) is 8.33. The van der Waals surface area contributed by atoms with Gasteiger partial charge in [0, 0.05) is 12.6 Å². The Kier molecular flexibility index (Phi) is 5.27. The number of benzene rings is 1. The summed E-state index contributed by atoms with van der Waals surface area (Å²) in [4.78, 5) is 0. The molecule has 4 nitrogen and oxygen atoms in total. The van der Waals surface area contributed by atoms with E-state index in [9.17, 15) is 8.42 Å². The van der Waals surface area contributed by atoms with Gasteiger partial charge >= 0.3 is 0 Å². The molecule has 1 aromatic carbocycles. The molecule has 0 bridgehead atoms. The van der Waals surface area contributed by atoms with Gasteiger partial charge < -0.3 is 10.1 Å². The minimum atomic E-state index is -2.81. The van der Waals surface area contributed by atoms with E-state index < -0.39 is 9.84 Å². The Balaban J connectivity index is 1.82. The molecule has 1 atom stereocenters. The van der Waals surface area contributed by atoms with Gasteiger partial charge in [0.25, 0.3) is 0 Å². The van der Waals surface area contributed by atoms with Crippen LogP contribution in [0.1, 0.15) is 37.3 Å². The highest BCUT2D eigenvalue weighted by Gasteiger charge is 2.27. The number of ether oxygens (including phenoxy) is 1. The summed E-state index contributed by atoms with van der Waals surface area (Å²) in [5.74, 6) is 1.93. The van der Waals surface area contributed by atoms with Crippen LogP contribution in [0.4, 0.5) is 0 Å². The van der Waals surface area contributed by atoms with Crippen molar-refractivity contribution in [2.24, 2.45) is 0 Å². The standard InChI is InChI=1S/C16H25NO3S/c1-12(2)15-5-4-13(3)10-16(15)20-8-7-17-14-6-9-21(18,19)11-14/h4-5,10,12,14,17H,6-9,11H2,1-3H3. The van der Waals surface area contributed by atoms with E-state index in [2.05, 4.69) is 44.3 Å². The van der Waals surface area contributed by atoms with Crippen LogP contribution in [0.3, 0.4) is 0 Å². The van der Waals surface area contributed by atoms with E-state index in [4.69, 9.17) is 4.74 Å². The molecule has 0 aliphatic carbocycles. The minimum absolute atomic E-state index is 0.0840. The minimum Gasteiger partial charge on any atom is -0.492 e. The molecule has 0 radical (unpaired) electrons. The molecule has 0 spiro atoms. The first-order valence-electron chi connectivity index (χ1n) is 7.54. The lowest BCUT2D eigenvalue weighted by molar-refractivity contribution is 0.303. The number of hydrogen-bond donors (Lipinski definition) is 1. The van der Waals surface area contributed by atoms with Crippen molar-refractivity contribution < 1.29 is 13.2 Å². The smallest absolute Gasteiger partial charge is 0.151 e. The van der Waals surface area contributed by atoms with Gasteiger partial charge in [-0.2, -0.15) is 0 Å². The Morgan fingerprint density at radius 3 is 2.76 bits per heavy atom. The van der Waals surface area contributed by atoms with E-state index in [-0.39, 0.29) is 11.8 Å². The van der Waals surface area contributed by atoms with E-state index in [1.807, 2.05) is 0 Å². The molecule has 21 heavy (non-hydrogen) atoms. The Bertz CT molecular complexity index is 581. The van der Waals surface area contributed by atoms with E-state index in [0.717, 1.165) is 5.75 Å². The molecule has 118 valence electrons. The molecule has 1 fully saturated rings. The zero-order valence-corrected chi connectivity index (χ0v) is 13.9. The van der Waals surface area contributed by atoms with Crippen LogP contribution in [0.2, 0.25) is 0 Å². The van der Waals surface area contributed by atoms with Gasteiger partial charge in [0.1, 0.15) is 12.4 Å². The first-order chi connectivity index (χ1) is 9.87. The van der Waals surface area contributed by atoms with Crippen molar-refractivity contribution in [3.05, 3.63) is 29.3 Å². The lowest BCUT2D eigenvalue weighted by Gasteiger charge is -2.16. The summed E-state index contributed by atoms with van der Waals surface area (Å²) in [6, 6.07) is 6.37. The van der Waals surface area contributed by atoms with Crippen LogP contribution in [-0.2, 0) is 9.84 Å². The third-order valence-electron chi connectivity index (χ3n) is 3.82. The van der Waals surface area contributed by atoms with Crippen molar-refractivity contribution in [3.63, 3.8) is 0 Å². The van der Waals surface area contributed by atoms with Crippen molar-refractivity contribution in [3.8, 4) is 5.75 Å². The SMILES string of the molecule is Cc1ccc(C(C)C)c(OCCNC2CCS(=O)(=O)C2)c1. The normalized spacial score (nSPS) is 20.9. The molecular weight excluding hydrogens is 286 g/mol. The van der Waals surface area contributed by atoms with Crippen molar-refractivity contribution in [1.29, 1.82) is 0 Å². The van der Waals surface area contributed by atoms with Gasteiger partial charge in [-0.15, -0.1) is 0 Å². The second-order valence-electron chi connectivity index (χ2n) is 6.10. The summed E-state index contributed by atoms with van der Waals surface area (Å²) in [6.45, 7) is 7.59. The van der Waals surface area contributed by atoms with Crippen LogP contribution in [0, 0.1) is 6.92 Å². The molecular formula is C16H25NO3S. The zero-order chi connectivity index (χ0) is 15.5. The lowest BCUT2D eigenvalue weighted by Crippen LogP contribution is -2.33. The third kappa shape index (κ3) is 4.71. The molecule has 0 amide bonds. The summed E-state index contributed by atoms with van der Waals surface area (Å²) in [5.41, 5.74) is 2.40. The number of nitrogens with one attached hydrogen (secondary N) is 1. The molecule has 1 saturated heterocycles. The molecule has 5 heteroatoms. The van der Waals surface area contributed by atoms with Gasteiger partial charge in [-0.05, 0) is 36.5 Å². The van der Waals surface area contributed by atoms with Gasteiger partial charge in [-0.1, -0.05) is 26.0 Å². The zero-order valence-electron chi connectivity index (χ0n) is 13.1. The fraction of sp³-hybridized carbons (Fsp3) is 0.625. The van der Waals surface area contributed by atoms with E-state index in [1.54, 1.807) is 0 Å². The molecule has 1 aromatic rings. The molecule has 0 saturated carbocycles. The predicted octanol–water partition coefficient (Wildman–Crippen LogP) is 2.27. The Labute approximate surface area is 127 Å². The summed E-state index contributed by atoms with van der Waals surface area (Å²) < 4.78 is 28.6. The Hall–Kier alpha value is -1.07. The largest absolute Gasteiger partial charge is 0.492 e. The number of sulfone groups is 1. The predicted molar refractivity (Wildman–Crippen MR) is 85.8 cm³/mol. The van der Waals surface area contributed by atoms with Crippen molar-refractivity contribution >= 4 is 9.84 Å². The molecule has 1 aliphatic heterocycles. The number of hydrogen-bond acceptors (Lipinski definition) is 4. The van der Waals surface area contributed by atoms with Crippen molar-refractivity contribution in [1.82, 2.24) is 5.32 Å². The van der Waals surface area contributed by atoms with Crippen LogP contribution in [0.25, 0.3) is 0 Å². The first kappa shape index (κ1) is 16.3. The number of rotatable bonds is 6. The summed E-state index contributed by atoms with van der Waals surface area (Å²) in [7, 11) is -2.81. The average molecular weight is 311 g/mol. The quantitative estimate of drug-likeness (QED) is 0.819. The Morgan fingerprint density at radius 2 is 2.14 bits per heavy atom. The number of aryl methyl sites for hydroxylation is 1. The summed E-state index contributed by atoms with van der Waals surface area (Å²) >= 11 is 0. The monoisotopic (exact) mass is 311 g/mol. The molecule has 1 aliphatic rings. The van der Waals surface area contributed by atoms with Crippen LogP contribution >= 0.6 is 0 Å². The lowest BCUT2D eigenvalue weighted by atomic mass is 10.0. The Morgan fingerprint density at radius 1 is 1.38 bits per heavy atom. The average Bonchev–Trinajstić information content (AvgIpc) is 2.74. The molecule has 1 heterocycles. The van der Waals surface area contributed by atoms with Crippen LogP contribution in [-0.4, -0.2) is 39.1 Å². The van der Waals surface area contributed by atoms with E-state index >= 15 is 0 Å². The second kappa shape index (κ2) is 6.79. The maximum atomic E-state index is 11.4. The van der Waals surface area contributed by atoms with Gasteiger partial charge in [0.15, 0.2) is 9.84 Å². The highest BCUT2D eigenvalue weighted by Crippen LogP contribution is 2.27. The summed E-state index contributed by atoms with van der Waals surface area (Å²) in [5, 5.41) is 3.27. The topological polar surface area (TPSA) is 55.4 Å². The fourth-order valence-electron chi connectivity index (χ4n) is 2.62. The highest BCUT2D eigenvalue weighted by atomic mass is 32.2. The van der Waals surface area contributed by atoms with Crippen LogP contribution < -0.4 is 10.1 Å². The van der Waals surface area contributed by atoms with Crippen molar-refractivity contribution in [2.45, 2.75) is 39.2 Å². The third-order valence-corrected chi connectivity index (χ3v) is 5.58. The first-order valence-corrected chi connectivity index (χ1v) is 9.36. The highest BCUT2D eigenvalue weighted by molar-refractivity contribution is 7.91. The molecule has 1 N–H and O–H groups in total. The molecule has 1 unspecified atom stereocenters. The van der Waals surface area contributed by atoms with Gasteiger partial charge in [-0.25, -0.2) is 8.42 Å². The van der Waals surface area contributed by atoms with E-state index in [0.29, 0.717) is 31.2 Å². The van der Waals surface area contributed by atoms with Gasteiger partial charge in [0.2, 0.25) is 0 Å². The summed E-state index contributed by atoms with van der Waals surface area (Å²) in [6.07, 6.45) is 0.712. The van der Waals surface area contributed by atoms with Gasteiger partial charge in [0.05, 0.1) is 11.5 Å². The van der Waals surface area contributed by atoms with E-state index in [1.165, 1.54) is 11.1 Å². The fourth-order valence-corrected chi connectivity index (χ4v) is 4.33. The maximum Gasteiger partial charge on any atom is 0.151 e. The van der Waals surface area contributed by atoms with Crippen LogP contribution in [0.5, 0.6) is 5.75 Å². The molecule has 0 aromatic heterocycles. The molecule has 2 rings (SSSR count). The van der Waals surface area contributed by atoms with Crippen molar-refractivity contribution in [2.75, 3.05) is 24.7 Å². The van der Waals surface area contributed by atoms with Gasteiger partial charge in [-0.3, -0.25) is 0 Å².